The molecule has 0 bridgehead atoms. The zero-order chi connectivity index (χ0) is 18.4. The average molecular weight is 357 g/mol. The molecule has 1 fully saturated rings. The Kier molecular flexibility index (Phi) is 5.70. The van der Waals surface area contributed by atoms with Gasteiger partial charge in [0.2, 0.25) is 0 Å². The normalized spacial score (nSPS) is 16.1. The number of amides is 1. The van der Waals surface area contributed by atoms with Gasteiger partial charge in [-0.2, -0.15) is 0 Å². The van der Waals surface area contributed by atoms with Crippen LogP contribution < -0.4 is 14.8 Å². The topological polar surface area (TPSA) is 94.1 Å². The fourth-order valence-corrected chi connectivity index (χ4v) is 2.49. The van der Waals surface area contributed by atoms with Gasteiger partial charge < -0.3 is 24.6 Å². The van der Waals surface area contributed by atoms with Gasteiger partial charge in [0.05, 0.1) is 13.2 Å². The highest BCUT2D eigenvalue weighted by Crippen LogP contribution is 2.21. The van der Waals surface area contributed by atoms with E-state index in [0.717, 1.165) is 12.2 Å². The Bertz CT molecular complexity index is 768. The fourth-order valence-electron chi connectivity index (χ4n) is 2.49. The zero-order valence-electron chi connectivity index (χ0n) is 14.0. The molecule has 1 aliphatic rings. The van der Waals surface area contributed by atoms with Crippen LogP contribution in [0.25, 0.3) is 0 Å². The summed E-state index contributed by atoms with van der Waals surface area (Å²) in [7, 11) is 0. The van der Waals surface area contributed by atoms with E-state index in [1.807, 2.05) is 0 Å². The maximum absolute atomic E-state index is 12.3. The predicted molar refractivity (Wildman–Crippen MR) is 93.8 cm³/mol. The van der Waals surface area contributed by atoms with Crippen LogP contribution in [0.5, 0.6) is 11.5 Å². The van der Waals surface area contributed by atoms with E-state index in [2.05, 4.69) is 5.32 Å². The summed E-state index contributed by atoms with van der Waals surface area (Å²) in [5, 5.41) is 11.4. The molecule has 0 aromatic heterocycles. The molecule has 1 saturated heterocycles. The predicted octanol–water partition coefficient (Wildman–Crippen LogP) is 2.57. The van der Waals surface area contributed by atoms with Crippen molar-refractivity contribution in [1.29, 1.82) is 0 Å². The lowest BCUT2D eigenvalue weighted by Crippen LogP contribution is -2.16. The molecular weight excluding hydrogens is 338 g/mol. The molecule has 0 aliphatic carbocycles. The second-order valence-electron chi connectivity index (χ2n) is 5.79. The van der Waals surface area contributed by atoms with Crippen LogP contribution in [0.15, 0.2) is 48.5 Å². The van der Waals surface area contributed by atoms with Crippen LogP contribution >= 0.6 is 0 Å². The minimum absolute atomic E-state index is 0.0731. The third kappa shape index (κ3) is 4.97. The van der Waals surface area contributed by atoms with Crippen LogP contribution in [0.3, 0.4) is 0 Å². The molecule has 1 unspecified atom stereocenters. The van der Waals surface area contributed by atoms with Crippen molar-refractivity contribution in [3.8, 4) is 11.5 Å². The highest BCUT2D eigenvalue weighted by atomic mass is 16.5. The number of benzene rings is 2. The van der Waals surface area contributed by atoms with Crippen LogP contribution in [-0.2, 0) is 9.53 Å². The monoisotopic (exact) mass is 357 g/mol. The molecule has 1 aliphatic heterocycles. The number of carbonyl (C=O) groups is 2. The van der Waals surface area contributed by atoms with E-state index >= 15 is 0 Å². The molecule has 0 spiro atoms. The Morgan fingerprint density at radius 3 is 2.65 bits per heavy atom. The van der Waals surface area contributed by atoms with Crippen molar-refractivity contribution in [1.82, 2.24) is 0 Å². The Balaban J connectivity index is 1.58. The summed E-state index contributed by atoms with van der Waals surface area (Å²) >= 11 is 0. The Labute approximate surface area is 150 Å². The number of nitrogens with one attached hydrogen (secondary N) is 1. The molecule has 2 aromatic carbocycles. The zero-order valence-corrected chi connectivity index (χ0v) is 14.0. The van der Waals surface area contributed by atoms with Gasteiger partial charge in [0.1, 0.15) is 17.6 Å². The van der Waals surface area contributed by atoms with Crippen LogP contribution in [0, 0.1) is 0 Å². The summed E-state index contributed by atoms with van der Waals surface area (Å²) in [6, 6.07) is 13.4. The van der Waals surface area contributed by atoms with E-state index in [4.69, 9.17) is 19.3 Å². The first-order valence-electron chi connectivity index (χ1n) is 8.20. The number of carboxylic acid groups (broad SMARTS) is 1. The molecule has 0 radical (unpaired) electrons. The van der Waals surface area contributed by atoms with Crippen molar-refractivity contribution < 1.29 is 28.9 Å². The molecule has 136 valence electrons. The van der Waals surface area contributed by atoms with Crippen molar-refractivity contribution in [2.24, 2.45) is 0 Å². The van der Waals surface area contributed by atoms with Gasteiger partial charge >= 0.3 is 5.97 Å². The lowest BCUT2D eigenvalue weighted by atomic mass is 10.2. The van der Waals surface area contributed by atoms with Crippen molar-refractivity contribution in [3.05, 3.63) is 54.1 Å². The molecule has 2 aromatic rings. The van der Waals surface area contributed by atoms with Crippen molar-refractivity contribution in [2.75, 3.05) is 25.1 Å². The molecule has 26 heavy (non-hydrogen) atoms. The highest BCUT2D eigenvalue weighted by molar-refractivity contribution is 6.04. The third-order valence-corrected chi connectivity index (χ3v) is 3.76. The molecule has 2 N–H and O–H groups in total. The van der Waals surface area contributed by atoms with E-state index in [1.54, 1.807) is 42.5 Å². The summed E-state index contributed by atoms with van der Waals surface area (Å²) in [4.78, 5) is 22.9. The summed E-state index contributed by atoms with van der Waals surface area (Å²) in [6.07, 6.45) is 0.947. The summed E-state index contributed by atoms with van der Waals surface area (Å²) in [6.45, 7) is 0.853. The van der Waals surface area contributed by atoms with E-state index in [1.165, 1.54) is 6.07 Å². The Morgan fingerprint density at radius 2 is 1.96 bits per heavy atom. The summed E-state index contributed by atoms with van der Waals surface area (Å²) in [5.74, 6) is -0.347. The minimum Gasteiger partial charge on any atom is -0.488 e. The highest BCUT2D eigenvalue weighted by Gasteiger charge is 2.17. The molecule has 7 nitrogen and oxygen atoms in total. The second kappa shape index (κ2) is 8.35. The number of carbonyl (C=O) groups excluding carboxylic acids is 1. The Hall–Kier alpha value is -3.06. The quantitative estimate of drug-likeness (QED) is 0.791. The summed E-state index contributed by atoms with van der Waals surface area (Å²) in [5.41, 5.74) is 0.998. The second-order valence-corrected chi connectivity index (χ2v) is 5.79. The average Bonchev–Trinajstić information content (AvgIpc) is 3.15. The van der Waals surface area contributed by atoms with E-state index < -0.39 is 12.6 Å². The molecule has 0 saturated carbocycles. The van der Waals surface area contributed by atoms with Crippen molar-refractivity contribution in [2.45, 2.75) is 12.5 Å². The Morgan fingerprint density at radius 1 is 1.15 bits per heavy atom. The van der Waals surface area contributed by atoms with Gasteiger partial charge in [-0.05, 0) is 42.5 Å². The minimum atomic E-state index is -1.08. The SMILES string of the molecule is O=C(O)COc1cccc(C(=O)Nc2ccc(OC3CCOC3)cc2)c1. The number of anilines is 1. The lowest BCUT2D eigenvalue weighted by molar-refractivity contribution is -0.139. The molecule has 3 rings (SSSR count). The third-order valence-electron chi connectivity index (χ3n) is 3.76. The number of ether oxygens (including phenoxy) is 3. The number of rotatable bonds is 7. The van der Waals surface area contributed by atoms with Crippen LogP contribution in [0.4, 0.5) is 5.69 Å². The standard InChI is InChI=1S/C19H19NO6/c21-18(22)12-25-16-3-1-2-13(10-16)19(23)20-14-4-6-15(7-5-14)26-17-8-9-24-11-17/h1-7,10,17H,8-9,11-12H2,(H,20,23)(H,21,22). The van der Waals surface area contributed by atoms with Gasteiger partial charge in [-0.1, -0.05) is 6.07 Å². The van der Waals surface area contributed by atoms with E-state index in [0.29, 0.717) is 30.2 Å². The van der Waals surface area contributed by atoms with Gasteiger partial charge in [0.25, 0.3) is 5.91 Å². The smallest absolute Gasteiger partial charge is 0.341 e. The van der Waals surface area contributed by atoms with E-state index in [-0.39, 0.29) is 12.0 Å². The van der Waals surface area contributed by atoms with Gasteiger partial charge in [0.15, 0.2) is 6.61 Å². The van der Waals surface area contributed by atoms with Crippen LogP contribution in [0.1, 0.15) is 16.8 Å². The first kappa shape index (κ1) is 17.8. The number of aliphatic carboxylic acids is 1. The molecule has 7 heteroatoms. The van der Waals surface area contributed by atoms with Gasteiger partial charge in [-0.3, -0.25) is 4.79 Å². The first-order valence-corrected chi connectivity index (χ1v) is 8.20. The van der Waals surface area contributed by atoms with Crippen molar-refractivity contribution in [3.63, 3.8) is 0 Å². The van der Waals surface area contributed by atoms with E-state index in [9.17, 15) is 9.59 Å². The molecular formula is C19H19NO6. The molecule has 1 amide bonds. The number of carboxylic acids is 1. The molecule has 1 atom stereocenters. The summed E-state index contributed by atoms with van der Waals surface area (Å²) < 4.78 is 16.1. The van der Waals surface area contributed by atoms with Gasteiger partial charge in [-0.25, -0.2) is 4.79 Å². The number of hydrogen-bond donors (Lipinski definition) is 2. The molecule has 1 heterocycles. The largest absolute Gasteiger partial charge is 0.488 e. The van der Waals surface area contributed by atoms with Crippen LogP contribution in [0.2, 0.25) is 0 Å². The van der Waals surface area contributed by atoms with Gasteiger partial charge in [-0.15, -0.1) is 0 Å². The maximum Gasteiger partial charge on any atom is 0.341 e. The maximum atomic E-state index is 12.3. The fraction of sp³-hybridized carbons (Fsp3) is 0.263. The van der Waals surface area contributed by atoms with Gasteiger partial charge in [0, 0.05) is 17.7 Å². The van der Waals surface area contributed by atoms with Crippen molar-refractivity contribution >= 4 is 17.6 Å². The lowest BCUT2D eigenvalue weighted by Gasteiger charge is -2.12. The van der Waals surface area contributed by atoms with Crippen LogP contribution in [-0.4, -0.2) is 42.9 Å². The first-order chi connectivity index (χ1) is 12.6. The number of hydrogen-bond acceptors (Lipinski definition) is 5.